The van der Waals surface area contributed by atoms with E-state index in [-0.39, 0.29) is 43.6 Å². The lowest BCUT2D eigenvalue weighted by atomic mass is 9.92. The van der Waals surface area contributed by atoms with Crippen LogP contribution in [-0.4, -0.2) is 58.0 Å². The molecular formula is C17H18FN3O3. The second-order valence-electron chi connectivity index (χ2n) is 5.79. The summed E-state index contributed by atoms with van der Waals surface area (Å²) < 4.78 is 19.7. The molecule has 1 amide bonds. The normalized spacial score (nSPS) is 20.8. The first kappa shape index (κ1) is 16.5. The zero-order valence-electron chi connectivity index (χ0n) is 13.1. The van der Waals surface area contributed by atoms with Crippen molar-refractivity contribution in [3.63, 3.8) is 0 Å². The second-order valence-corrected chi connectivity index (χ2v) is 5.79. The Labute approximate surface area is 138 Å². The summed E-state index contributed by atoms with van der Waals surface area (Å²) in [6, 6.07) is 9.58. The third kappa shape index (κ3) is 3.42. The predicted molar refractivity (Wildman–Crippen MR) is 83.8 cm³/mol. The molecule has 0 unspecified atom stereocenters. The largest absolute Gasteiger partial charge is 0.393 e. The van der Waals surface area contributed by atoms with Crippen LogP contribution in [0.5, 0.6) is 0 Å². The fourth-order valence-corrected chi connectivity index (χ4v) is 2.84. The Morgan fingerprint density at radius 2 is 2.17 bits per heavy atom. The van der Waals surface area contributed by atoms with Crippen LogP contribution in [0.2, 0.25) is 0 Å². The number of amides is 1. The van der Waals surface area contributed by atoms with Crippen molar-refractivity contribution in [1.82, 2.24) is 15.1 Å². The maximum absolute atomic E-state index is 13.9. The fourth-order valence-electron chi connectivity index (χ4n) is 2.84. The van der Waals surface area contributed by atoms with Crippen LogP contribution < -0.4 is 0 Å². The molecule has 2 heterocycles. The molecule has 0 spiro atoms. The molecule has 0 saturated carbocycles. The number of hydrogen-bond acceptors (Lipinski definition) is 5. The second kappa shape index (κ2) is 7.02. The van der Waals surface area contributed by atoms with Gasteiger partial charge in [-0.2, -0.15) is 5.10 Å². The number of carbonyl (C=O) groups is 1. The minimum absolute atomic E-state index is 0.160. The number of morpholine rings is 1. The van der Waals surface area contributed by atoms with E-state index in [1.807, 2.05) is 0 Å². The lowest BCUT2D eigenvalue weighted by Gasteiger charge is -2.41. The summed E-state index contributed by atoms with van der Waals surface area (Å²) in [6.45, 7) is 0.494. The molecule has 1 saturated heterocycles. The minimum atomic E-state index is -1.03. The van der Waals surface area contributed by atoms with Crippen LogP contribution in [0.3, 0.4) is 0 Å². The number of aliphatic hydroxyl groups is 1. The van der Waals surface area contributed by atoms with Gasteiger partial charge >= 0.3 is 0 Å². The predicted octanol–water partition coefficient (Wildman–Crippen LogP) is 1.06. The molecule has 1 atom stereocenters. The monoisotopic (exact) mass is 331 g/mol. The highest BCUT2D eigenvalue weighted by molar-refractivity contribution is 5.92. The highest BCUT2D eigenvalue weighted by Crippen LogP contribution is 2.25. The SMILES string of the molecule is O=C(c1cccnn1)N1CCO[C@@](CO)(Cc2ccccc2F)C1. The van der Waals surface area contributed by atoms with E-state index in [9.17, 15) is 14.3 Å². The minimum Gasteiger partial charge on any atom is -0.393 e. The summed E-state index contributed by atoms with van der Waals surface area (Å²) >= 11 is 0. The summed E-state index contributed by atoms with van der Waals surface area (Å²) in [6.07, 6.45) is 1.67. The molecule has 0 radical (unpaired) electrons. The maximum atomic E-state index is 13.9. The number of aliphatic hydroxyl groups excluding tert-OH is 1. The Morgan fingerprint density at radius 3 is 2.88 bits per heavy atom. The van der Waals surface area contributed by atoms with Crippen LogP contribution in [0, 0.1) is 5.82 Å². The number of ether oxygens (including phenoxy) is 1. The van der Waals surface area contributed by atoms with Gasteiger partial charge < -0.3 is 14.7 Å². The van der Waals surface area contributed by atoms with Gasteiger partial charge in [0.1, 0.15) is 11.4 Å². The van der Waals surface area contributed by atoms with Gasteiger partial charge in [0.2, 0.25) is 0 Å². The summed E-state index contributed by atoms with van der Waals surface area (Å²) in [5.74, 6) is -0.635. The van der Waals surface area contributed by atoms with Crippen LogP contribution in [0.1, 0.15) is 16.1 Å². The molecule has 0 aliphatic carbocycles. The van der Waals surface area contributed by atoms with Crippen molar-refractivity contribution < 1.29 is 19.0 Å². The van der Waals surface area contributed by atoms with Crippen LogP contribution in [-0.2, 0) is 11.2 Å². The van der Waals surface area contributed by atoms with E-state index in [1.165, 1.54) is 12.3 Å². The third-order valence-electron chi connectivity index (χ3n) is 4.09. The first-order valence-corrected chi connectivity index (χ1v) is 7.69. The number of aromatic nitrogens is 2. The number of hydrogen-bond donors (Lipinski definition) is 1. The van der Waals surface area contributed by atoms with Crippen molar-refractivity contribution in [3.05, 3.63) is 59.7 Å². The third-order valence-corrected chi connectivity index (χ3v) is 4.09. The Balaban J connectivity index is 1.79. The van der Waals surface area contributed by atoms with Crippen molar-refractivity contribution in [3.8, 4) is 0 Å². The van der Waals surface area contributed by atoms with E-state index in [4.69, 9.17) is 4.74 Å². The zero-order chi connectivity index (χ0) is 17.0. The topological polar surface area (TPSA) is 75.6 Å². The van der Waals surface area contributed by atoms with Crippen molar-refractivity contribution >= 4 is 5.91 Å². The summed E-state index contributed by atoms with van der Waals surface area (Å²) in [4.78, 5) is 14.1. The van der Waals surface area contributed by atoms with Crippen molar-refractivity contribution in [1.29, 1.82) is 0 Å². The van der Waals surface area contributed by atoms with E-state index in [0.717, 1.165) is 0 Å². The standard InChI is InChI=1S/C17H18FN3O3/c18-14-5-2-1-4-13(14)10-17(12-22)11-21(8-9-24-17)16(23)15-6-3-7-19-20-15/h1-7,22H,8-12H2/t17-/m0/s1. The van der Waals surface area contributed by atoms with Gasteiger partial charge in [-0.3, -0.25) is 4.79 Å². The first-order chi connectivity index (χ1) is 11.6. The molecule has 24 heavy (non-hydrogen) atoms. The van der Waals surface area contributed by atoms with Crippen LogP contribution in [0.15, 0.2) is 42.6 Å². The molecule has 1 aliphatic heterocycles. The molecule has 7 heteroatoms. The van der Waals surface area contributed by atoms with E-state index in [1.54, 1.807) is 35.2 Å². The number of halogens is 1. The summed E-state index contributed by atoms with van der Waals surface area (Å²) in [5, 5.41) is 17.4. The van der Waals surface area contributed by atoms with E-state index < -0.39 is 5.60 Å². The Hall–Kier alpha value is -2.38. The molecule has 0 bridgehead atoms. The number of rotatable bonds is 4. The molecule has 6 nitrogen and oxygen atoms in total. The lowest BCUT2D eigenvalue weighted by Crippen LogP contribution is -2.57. The average molecular weight is 331 g/mol. The summed E-state index contributed by atoms with van der Waals surface area (Å²) in [7, 11) is 0. The number of benzene rings is 1. The van der Waals surface area contributed by atoms with Gasteiger partial charge in [-0.1, -0.05) is 18.2 Å². The average Bonchev–Trinajstić information content (AvgIpc) is 2.64. The number of carbonyl (C=O) groups excluding carboxylic acids is 1. The van der Waals surface area contributed by atoms with E-state index in [2.05, 4.69) is 10.2 Å². The molecular weight excluding hydrogens is 313 g/mol. The van der Waals surface area contributed by atoms with Gasteiger partial charge in [0, 0.05) is 19.2 Å². The van der Waals surface area contributed by atoms with Crippen LogP contribution in [0.4, 0.5) is 4.39 Å². The van der Waals surface area contributed by atoms with Gasteiger partial charge in [0.15, 0.2) is 5.69 Å². The van der Waals surface area contributed by atoms with Crippen LogP contribution in [0.25, 0.3) is 0 Å². The van der Waals surface area contributed by atoms with Gasteiger partial charge in [0.25, 0.3) is 5.91 Å². The van der Waals surface area contributed by atoms with Crippen LogP contribution >= 0.6 is 0 Å². The van der Waals surface area contributed by atoms with Gasteiger partial charge in [-0.25, -0.2) is 4.39 Å². The number of nitrogens with zero attached hydrogens (tertiary/aromatic N) is 3. The molecule has 1 aromatic heterocycles. The lowest BCUT2D eigenvalue weighted by molar-refractivity contribution is -0.124. The van der Waals surface area contributed by atoms with Crippen molar-refractivity contribution in [2.75, 3.05) is 26.3 Å². The molecule has 126 valence electrons. The zero-order valence-corrected chi connectivity index (χ0v) is 13.1. The highest BCUT2D eigenvalue weighted by atomic mass is 19.1. The smallest absolute Gasteiger partial charge is 0.274 e. The summed E-state index contributed by atoms with van der Waals surface area (Å²) in [5.41, 5.74) is -0.351. The molecule has 3 rings (SSSR count). The highest BCUT2D eigenvalue weighted by Gasteiger charge is 2.39. The molecule has 1 fully saturated rings. The van der Waals surface area contributed by atoms with E-state index in [0.29, 0.717) is 12.1 Å². The molecule has 2 aromatic rings. The van der Waals surface area contributed by atoms with Crippen molar-refractivity contribution in [2.24, 2.45) is 0 Å². The quantitative estimate of drug-likeness (QED) is 0.907. The van der Waals surface area contributed by atoms with Gasteiger partial charge in [-0.05, 0) is 23.8 Å². The van der Waals surface area contributed by atoms with Gasteiger partial charge in [-0.15, -0.1) is 5.10 Å². The maximum Gasteiger partial charge on any atom is 0.274 e. The molecule has 1 N–H and O–H groups in total. The van der Waals surface area contributed by atoms with Crippen molar-refractivity contribution in [2.45, 2.75) is 12.0 Å². The Morgan fingerprint density at radius 1 is 1.33 bits per heavy atom. The Kier molecular flexibility index (Phi) is 4.82. The molecule has 1 aromatic carbocycles. The first-order valence-electron chi connectivity index (χ1n) is 7.69. The fraction of sp³-hybridized carbons (Fsp3) is 0.353. The molecule has 1 aliphatic rings. The van der Waals surface area contributed by atoms with E-state index >= 15 is 0 Å². The van der Waals surface area contributed by atoms with Gasteiger partial charge in [0.05, 0.1) is 19.8 Å². The Bertz CT molecular complexity index is 713.